The fourth-order valence-corrected chi connectivity index (χ4v) is 4.19. The Morgan fingerprint density at radius 2 is 2.05 bits per heavy atom. The number of nitrogens with zero attached hydrogens (tertiary/aromatic N) is 1. The smallest absolute Gasteiger partial charge is 0.140 e. The number of benzene rings is 1. The molecule has 2 nitrogen and oxygen atoms in total. The lowest BCUT2D eigenvalue weighted by atomic mass is 9.86. The molecule has 0 aromatic heterocycles. The van der Waals surface area contributed by atoms with Gasteiger partial charge >= 0.3 is 0 Å². The van der Waals surface area contributed by atoms with Gasteiger partial charge in [-0.1, -0.05) is 22.5 Å². The Morgan fingerprint density at radius 3 is 2.85 bits per heavy atom. The monoisotopic (exact) mass is 331 g/mol. The van der Waals surface area contributed by atoms with Gasteiger partial charge in [0.1, 0.15) is 11.5 Å². The van der Waals surface area contributed by atoms with Crippen molar-refractivity contribution in [1.29, 1.82) is 0 Å². The van der Waals surface area contributed by atoms with Crippen LogP contribution in [0.25, 0.3) is 5.57 Å². The number of rotatable bonds is 1. The molecule has 0 spiro atoms. The molecule has 0 unspecified atom stereocenters. The highest BCUT2D eigenvalue weighted by atomic mass is 79.9. The van der Waals surface area contributed by atoms with E-state index in [0.29, 0.717) is 0 Å². The zero-order valence-corrected chi connectivity index (χ0v) is 13.1. The molecule has 3 heterocycles. The van der Waals surface area contributed by atoms with Gasteiger partial charge in [-0.2, -0.15) is 0 Å². The van der Waals surface area contributed by atoms with Crippen molar-refractivity contribution < 1.29 is 4.74 Å². The molecule has 0 radical (unpaired) electrons. The quantitative estimate of drug-likeness (QED) is 0.719. The summed E-state index contributed by atoms with van der Waals surface area (Å²) in [6.45, 7) is 6.39. The van der Waals surface area contributed by atoms with Crippen molar-refractivity contribution in [1.82, 2.24) is 0 Å². The molecule has 0 saturated heterocycles. The number of fused-ring (bicyclic) bond motifs is 2. The van der Waals surface area contributed by atoms with E-state index in [1.165, 1.54) is 60.3 Å². The molecule has 0 fully saturated rings. The fourth-order valence-electron chi connectivity index (χ4n) is 3.73. The molecule has 4 rings (SSSR count). The maximum atomic E-state index is 6.02. The van der Waals surface area contributed by atoms with E-state index in [9.17, 15) is 0 Å². The van der Waals surface area contributed by atoms with E-state index in [4.69, 9.17) is 4.74 Å². The molecule has 0 atom stereocenters. The number of alkyl halides is 1. The van der Waals surface area contributed by atoms with Crippen LogP contribution in [0.2, 0.25) is 0 Å². The van der Waals surface area contributed by atoms with E-state index in [0.717, 1.165) is 23.3 Å². The van der Waals surface area contributed by atoms with Gasteiger partial charge in [-0.15, -0.1) is 0 Å². The Hall–Kier alpha value is -1.22. The third kappa shape index (κ3) is 1.76. The zero-order valence-electron chi connectivity index (χ0n) is 11.5. The van der Waals surface area contributed by atoms with Crippen molar-refractivity contribution >= 4 is 27.2 Å². The topological polar surface area (TPSA) is 12.5 Å². The van der Waals surface area contributed by atoms with Crippen molar-refractivity contribution in [2.75, 3.05) is 23.3 Å². The number of allylic oxidation sites excluding steroid dienone is 2. The largest absolute Gasteiger partial charge is 0.457 e. The van der Waals surface area contributed by atoms with Crippen LogP contribution in [0.3, 0.4) is 0 Å². The summed E-state index contributed by atoms with van der Waals surface area (Å²) < 4.78 is 6.02. The molecule has 3 heteroatoms. The maximum absolute atomic E-state index is 6.02. The van der Waals surface area contributed by atoms with Crippen molar-refractivity contribution in [3.8, 4) is 5.75 Å². The Bertz CT molecular complexity index is 630. The minimum absolute atomic E-state index is 0.760. The Balaban J connectivity index is 1.98. The number of hydrogen-bond acceptors (Lipinski definition) is 2. The second-order valence-electron chi connectivity index (χ2n) is 5.81. The predicted molar refractivity (Wildman–Crippen MR) is 86.8 cm³/mol. The van der Waals surface area contributed by atoms with Crippen LogP contribution in [0.4, 0.5) is 5.69 Å². The predicted octanol–water partition coefficient (Wildman–Crippen LogP) is 4.07. The summed E-state index contributed by atoms with van der Waals surface area (Å²) in [6, 6.07) is 2.35. The van der Waals surface area contributed by atoms with Crippen molar-refractivity contribution in [2.24, 2.45) is 0 Å². The Labute approximate surface area is 128 Å². The van der Waals surface area contributed by atoms with Crippen LogP contribution in [0.15, 0.2) is 24.5 Å². The minimum Gasteiger partial charge on any atom is -0.457 e. The second kappa shape index (κ2) is 4.66. The summed E-state index contributed by atoms with van der Waals surface area (Å²) in [6.07, 6.45) is 6.88. The summed E-state index contributed by atoms with van der Waals surface area (Å²) in [5, 5.41) is 0.852. The van der Waals surface area contributed by atoms with Crippen LogP contribution in [0.5, 0.6) is 5.75 Å². The number of hydrogen-bond donors (Lipinski definition) is 0. The number of anilines is 1. The first-order chi connectivity index (χ1) is 9.78. The molecule has 104 valence electrons. The van der Waals surface area contributed by atoms with Crippen molar-refractivity contribution in [3.05, 3.63) is 41.2 Å². The van der Waals surface area contributed by atoms with Gasteiger partial charge in [-0.05, 0) is 49.0 Å². The summed E-state index contributed by atoms with van der Waals surface area (Å²) in [5.74, 6) is 1.83. The normalized spacial score (nSPS) is 19.9. The van der Waals surface area contributed by atoms with Gasteiger partial charge in [0.05, 0.1) is 0 Å². The van der Waals surface area contributed by atoms with Gasteiger partial charge in [0.15, 0.2) is 0 Å². The highest BCUT2D eigenvalue weighted by Crippen LogP contribution is 2.46. The van der Waals surface area contributed by atoms with Gasteiger partial charge in [-0.3, -0.25) is 0 Å². The lowest BCUT2D eigenvalue weighted by Crippen LogP contribution is -2.35. The Morgan fingerprint density at radius 1 is 1.25 bits per heavy atom. The number of aryl methyl sites for hydroxylation is 1. The summed E-state index contributed by atoms with van der Waals surface area (Å²) >= 11 is 3.60. The molecule has 3 aliphatic rings. The average Bonchev–Trinajstić information content (AvgIpc) is 2.48. The van der Waals surface area contributed by atoms with E-state index in [-0.39, 0.29) is 0 Å². The van der Waals surface area contributed by atoms with Crippen molar-refractivity contribution in [3.63, 3.8) is 0 Å². The minimum atomic E-state index is 0.760. The molecule has 0 saturated carbocycles. The van der Waals surface area contributed by atoms with Crippen LogP contribution >= 0.6 is 15.9 Å². The molecule has 0 bridgehead atoms. The molecular weight excluding hydrogens is 314 g/mol. The summed E-state index contributed by atoms with van der Waals surface area (Å²) in [4.78, 5) is 2.55. The molecule has 0 N–H and O–H groups in total. The lowest BCUT2D eigenvalue weighted by molar-refractivity contribution is 0.432. The van der Waals surface area contributed by atoms with Crippen LogP contribution < -0.4 is 9.64 Å². The molecule has 0 amide bonds. The van der Waals surface area contributed by atoms with E-state index in [1.807, 2.05) is 0 Å². The zero-order chi connectivity index (χ0) is 13.7. The first-order valence-electron chi connectivity index (χ1n) is 7.35. The highest BCUT2D eigenvalue weighted by molar-refractivity contribution is 9.09. The lowest BCUT2D eigenvalue weighted by Gasteiger charge is -2.39. The average molecular weight is 332 g/mol. The third-order valence-corrected chi connectivity index (χ3v) is 5.13. The van der Waals surface area contributed by atoms with Gasteiger partial charge in [-0.25, -0.2) is 0 Å². The first kappa shape index (κ1) is 12.5. The highest BCUT2D eigenvalue weighted by Gasteiger charge is 2.30. The van der Waals surface area contributed by atoms with E-state index in [1.54, 1.807) is 0 Å². The molecular formula is C17H18BrNO. The molecule has 3 aliphatic heterocycles. The molecule has 20 heavy (non-hydrogen) atoms. The van der Waals surface area contributed by atoms with E-state index >= 15 is 0 Å². The number of ether oxygens (including phenoxy) is 1. The third-order valence-electron chi connectivity index (χ3n) is 4.53. The van der Waals surface area contributed by atoms with Crippen LogP contribution in [-0.2, 0) is 12.8 Å². The number of halogens is 1. The fraction of sp³-hybridized carbons (Fsp3) is 0.412. The van der Waals surface area contributed by atoms with Gasteiger partial charge < -0.3 is 9.64 Å². The molecule has 0 aliphatic carbocycles. The Kier molecular flexibility index (Phi) is 2.92. The van der Waals surface area contributed by atoms with Crippen molar-refractivity contribution in [2.45, 2.75) is 25.7 Å². The summed E-state index contributed by atoms with van der Waals surface area (Å²) in [5.41, 5.74) is 6.94. The maximum Gasteiger partial charge on any atom is 0.140 e. The van der Waals surface area contributed by atoms with Crippen LogP contribution in [0.1, 0.15) is 29.5 Å². The second-order valence-corrected chi connectivity index (χ2v) is 6.37. The van der Waals surface area contributed by atoms with Crippen LogP contribution in [0, 0.1) is 0 Å². The first-order valence-corrected chi connectivity index (χ1v) is 8.47. The molecule has 1 aromatic carbocycles. The van der Waals surface area contributed by atoms with E-state index in [2.05, 4.69) is 39.6 Å². The summed E-state index contributed by atoms with van der Waals surface area (Å²) in [7, 11) is 0. The van der Waals surface area contributed by atoms with Gasteiger partial charge in [0, 0.05) is 35.2 Å². The van der Waals surface area contributed by atoms with E-state index < -0.39 is 0 Å². The van der Waals surface area contributed by atoms with Gasteiger partial charge in [0.2, 0.25) is 0 Å². The standard InChI is InChI=1S/C17H18BrNO/c1-11-8-13(10-18)15-9-12-4-2-6-19-7-3-5-14(16(12)19)17(15)20-11/h8-9H,1-7,10H2. The van der Waals surface area contributed by atoms with Gasteiger partial charge in [0.25, 0.3) is 0 Å². The molecule has 1 aromatic rings. The SMILES string of the molecule is C=C1C=C(CBr)c2cc3c4c(c2O1)CCCN4CCC3. The van der Waals surface area contributed by atoms with Crippen LogP contribution in [-0.4, -0.2) is 18.4 Å².